The molecule has 1 aliphatic rings. The lowest BCUT2D eigenvalue weighted by atomic mass is 9.97. The van der Waals surface area contributed by atoms with E-state index in [4.69, 9.17) is 0 Å². The van der Waals surface area contributed by atoms with Gasteiger partial charge in [-0.1, -0.05) is 15.9 Å². The molecule has 1 unspecified atom stereocenters. The minimum atomic E-state index is -0.189. The second-order valence-corrected chi connectivity index (χ2v) is 8.00. The lowest BCUT2D eigenvalue weighted by Gasteiger charge is -2.32. The van der Waals surface area contributed by atoms with Crippen LogP contribution >= 0.6 is 27.3 Å². The van der Waals surface area contributed by atoms with E-state index in [0.717, 1.165) is 33.6 Å². The Hall–Kier alpha value is -1.86. The van der Waals surface area contributed by atoms with Crippen molar-refractivity contribution in [2.75, 3.05) is 23.7 Å². The number of amides is 3. The van der Waals surface area contributed by atoms with Crippen LogP contribution in [0, 0.1) is 12.8 Å². The highest BCUT2D eigenvalue weighted by Gasteiger charge is 2.28. The van der Waals surface area contributed by atoms with E-state index in [1.165, 1.54) is 11.3 Å². The Balaban J connectivity index is 1.60. The number of hydrogen-bond donors (Lipinski definition) is 2. The zero-order valence-corrected chi connectivity index (χ0v) is 16.3. The molecule has 1 aromatic carbocycles. The molecular weight excluding hydrogens is 402 g/mol. The molecule has 0 saturated carbocycles. The first-order valence-corrected chi connectivity index (χ1v) is 9.86. The molecule has 1 aromatic heterocycles. The number of nitrogens with one attached hydrogen (secondary N) is 2. The molecule has 7 heteroatoms. The standard InChI is InChI=1S/C18H20BrN3O2S/c1-12-10-14(19)6-7-15(12)20-17(23)13-4-2-8-22(11-13)18(24)21-16-5-3-9-25-16/h3,5-7,9-10,13H,2,4,8,11H2,1H3,(H,20,23)(H,21,24). The minimum Gasteiger partial charge on any atom is -0.326 e. The molecule has 2 N–H and O–H groups in total. The highest BCUT2D eigenvalue weighted by atomic mass is 79.9. The van der Waals surface area contributed by atoms with Gasteiger partial charge in [0.1, 0.15) is 0 Å². The average Bonchev–Trinajstić information content (AvgIpc) is 3.10. The zero-order chi connectivity index (χ0) is 17.8. The zero-order valence-electron chi connectivity index (χ0n) is 13.9. The van der Waals surface area contributed by atoms with Crippen LogP contribution in [0.15, 0.2) is 40.2 Å². The molecule has 0 spiro atoms. The van der Waals surface area contributed by atoms with Crippen LogP contribution in [-0.4, -0.2) is 29.9 Å². The van der Waals surface area contributed by atoms with Crippen molar-refractivity contribution in [3.8, 4) is 0 Å². The Kier molecular flexibility index (Phi) is 5.75. The summed E-state index contributed by atoms with van der Waals surface area (Å²) in [6, 6.07) is 9.39. The summed E-state index contributed by atoms with van der Waals surface area (Å²) in [5.74, 6) is -0.218. The predicted molar refractivity (Wildman–Crippen MR) is 105 cm³/mol. The molecule has 2 aromatic rings. The molecule has 0 bridgehead atoms. The second kappa shape index (κ2) is 8.01. The number of carbonyl (C=O) groups excluding carboxylic acids is 2. The van der Waals surface area contributed by atoms with Gasteiger partial charge in [0.2, 0.25) is 5.91 Å². The van der Waals surface area contributed by atoms with Crippen molar-refractivity contribution >= 4 is 49.9 Å². The molecule has 0 aliphatic carbocycles. The first-order valence-electron chi connectivity index (χ1n) is 8.19. The number of anilines is 2. The van der Waals surface area contributed by atoms with Crippen molar-refractivity contribution in [1.82, 2.24) is 4.90 Å². The van der Waals surface area contributed by atoms with Crippen LogP contribution in [0.1, 0.15) is 18.4 Å². The summed E-state index contributed by atoms with van der Waals surface area (Å²) < 4.78 is 0.983. The minimum absolute atomic E-state index is 0.0287. The van der Waals surface area contributed by atoms with Crippen molar-refractivity contribution in [3.05, 3.63) is 45.7 Å². The van der Waals surface area contributed by atoms with Gasteiger partial charge in [-0.05, 0) is 61.0 Å². The van der Waals surface area contributed by atoms with Gasteiger partial charge in [-0.3, -0.25) is 10.1 Å². The molecule has 132 valence electrons. The number of piperidine rings is 1. The fourth-order valence-electron chi connectivity index (χ4n) is 2.91. The predicted octanol–water partition coefficient (Wildman–Crippen LogP) is 4.70. The maximum atomic E-state index is 12.6. The smallest absolute Gasteiger partial charge is 0.322 e. The molecule has 2 heterocycles. The van der Waals surface area contributed by atoms with Crippen molar-refractivity contribution in [2.45, 2.75) is 19.8 Å². The summed E-state index contributed by atoms with van der Waals surface area (Å²) in [5, 5.41) is 8.62. The Morgan fingerprint density at radius 2 is 2.12 bits per heavy atom. The van der Waals surface area contributed by atoms with Crippen LogP contribution in [0.25, 0.3) is 0 Å². The van der Waals surface area contributed by atoms with Gasteiger partial charge in [-0.25, -0.2) is 4.79 Å². The summed E-state index contributed by atoms with van der Waals surface area (Å²) in [7, 11) is 0. The van der Waals surface area contributed by atoms with Crippen LogP contribution in [0.3, 0.4) is 0 Å². The fraction of sp³-hybridized carbons (Fsp3) is 0.333. The molecule has 1 aliphatic heterocycles. The van der Waals surface area contributed by atoms with Gasteiger partial charge in [-0.15, -0.1) is 11.3 Å². The van der Waals surface area contributed by atoms with Gasteiger partial charge >= 0.3 is 6.03 Å². The van der Waals surface area contributed by atoms with Crippen LogP contribution in [0.4, 0.5) is 15.5 Å². The molecular formula is C18H20BrN3O2S. The Morgan fingerprint density at radius 1 is 1.28 bits per heavy atom. The topological polar surface area (TPSA) is 61.4 Å². The molecule has 3 rings (SSSR count). The summed E-state index contributed by atoms with van der Waals surface area (Å²) in [6.07, 6.45) is 1.62. The summed E-state index contributed by atoms with van der Waals surface area (Å²) in [5.41, 5.74) is 1.82. The largest absolute Gasteiger partial charge is 0.326 e. The van der Waals surface area contributed by atoms with Crippen molar-refractivity contribution in [1.29, 1.82) is 0 Å². The van der Waals surface area contributed by atoms with E-state index < -0.39 is 0 Å². The number of rotatable bonds is 3. The SMILES string of the molecule is Cc1cc(Br)ccc1NC(=O)C1CCCN(C(=O)Nc2cccs2)C1. The monoisotopic (exact) mass is 421 g/mol. The van der Waals surface area contributed by atoms with E-state index in [0.29, 0.717) is 13.1 Å². The second-order valence-electron chi connectivity index (χ2n) is 6.14. The van der Waals surface area contributed by atoms with Crippen molar-refractivity contribution in [3.63, 3.8) is 0 Å². The van der Waals surface area contributed by atoms with Gasteiger partial charge in [0.05, 0.1) is 10.9 Å². The molecule has 0 radical (unpaired) electrons. The van der Waals surface area contributed by atoms with E-state index in [-0.39, 0.29) is 17.9 Å². The van der Waals surface area contributed by atoms with Crippen LogP contribution in [0.2, 0.25) is 0 Å². The van der Waals surface area contributed by atoms with Gasteiger partial charge in [-0.2, -0.15) is 0 Å². The van der Waals surface area contributed by atoms with E-state index >= 15 is 0 Å². The summed E-state index contributed by atoms with van der Waals surface area (Å²) in [4.78, 5) is 26.7. The number of thiophene rings is 1. The number of likely N-dealkylation sites (tertiary alicyclic amines) is 1. The first kappa shape index (κ1) is 17.9. The lowest BCUT2D eigenvalue weighted by molar-refractivity contribution is -0.121. The third-order valence-corrected chi connectivity index (χ3v) is 5.56. The quantitative estimate of drug-likeness (QED) is 0.753. The fourth-order valence-corrected chi connectivity index (χ4v) is 3.99. The lowest BCUT2D eigenvalue weighted by Crippen LogP contribution is -2.45. The van der Waals surface area contributed by atoms with Crippen molar-refractivity contribution < 1.29 is 9.59 Å². The summed E-state index contributed by atoms with van der Waals surface area (Å²) >= 11 is 4.91. The van der Waals surface area contributed by atoms with Gasteiger partial charge < -0.3 is 10.2 Å². The number of carbonyl (C=O) groups is 2. The highest BCUT2D eigenvalue weighted by molar-refractivity contribution is 9.10. The third-order valence-electron chi connectivity index (χ3n) is 4.28. The number of nitrogens with zero attached hydrogens (tertiary/aromatic N) is 1. The van der Waals surface area contributed by atoms with Gasteiger partial charge in [0.25, 0.3) is 0 Å². The van der Waals surface area contributed by atoms with E-state index in [2.05, 4.69) is 26.6 Å². The van der Waals surface area contributed by atoms with E-state index in [1.807, 2.05) is 42.6 Å². The average molecular weight is 422 g/mol. The summed E-state index contributed by atoms with van der Waals surface area (Å²) in [6.45, 7) is 3.08. The Morgan fingerprint density at radius 3 is 2.84 bits per heavy atom. The molecule has 3 amide bonds. The molecule has 1 fully saturated rings. The number of benzene rings is 1. The van der Waals surface area contributed by atoms with Crippen LogP contribution in [-0.2, 0) is 4.79 Å². The number of aryl methyl sites for hydroxylation is 1. The maximum absolute atomic E-state index is 12.6. The first-order chi connectivity index (χ1) is 12.0. The number of urea groups is 1. The normalized spacial score (nSPS) is 17.2. The van der Waals surface area contributed by atoms with Gasteiger partial charge in [0.15, 0.2) is 0 Å². The maximum Gasteiger partial charge on any atom is 0.322 e. The molecule has 5 nitrogen and oxygen atoms in total. The van der Waals surface area contributed by atoms with E-state index in [1.54, 1.807) is 4.90 Å². The third kappa shape index (κ3) is 4.61. The van der Waals surface area contributed by atoms with Crippen LogP contribution < -0.4 is 10.6 Å². The van der Waals surface area contributed by atoms with Crippen LogP contribution in [0.5, 0.6) is 0 Å². The number of hydrogen-bond acceptors (Lipinski definition) is 3. The molecule has 1 saturated heterocycles. The van der Waals surface area contributed by atoms with Gasteiger partial charge in [0, 0.05) is 23.2 Å². The number of halogens is 1. The molecule has 25 heavy (non-hydrogen) atoms. The molecule has 1 atom stereocenters. The van der Waals surface area contributed by atoms with Crippen molar-refractivity contribution in [2.24, 2.45) is 5.92 Å². The Bertz CT molecular complexity index is 764. The Labute approximate surface area is 159 Å². The van der Waals surface area contributed by atoms with E-state index in [9.17, 15) is 9.59 Å². The highest BCUT2D eigenvalue weighted by Crippen LogP contribution is 2.24.